The third-order valence-electron chi connectivity index (χ3n) is 0.934. The number of unbranched alkanes of at least 4 members (excludes halogenated alkanes) is 1. The van der Waals surface area contributed by atoms with Crippen LogP contribution in [-0.2, 0) is 9.53 Å². The molecule has 10 heavy (non-hydrogen) atoms. The number of ketones is 1. The van der Waals surface area contributed by atoms with Gasteiger partial charge in [-0.15, -0.1) is 0 Å². The van der Waals surface area contributed by atoms with Gasteiger partial charge in [0, 0.05) is 0 Å². The van der Waals surface area contributed by atoms with Gasteiger partial charge in [0.1, 0.15) is 6.61 Å². The van der Waals surface area contributed by atoms with Crippen LogP contribution in [-0.4, -0.2) is 12.4 Å². The lowest BCUT2D eigenvalue weighted by molar-refractivity contribution is -0.119. The van der Waals surface area contributed by atoms with Crippen molar-refractivity contribution in [2.45, 2.75) is 26.7 Å². The van der Waals surface area contributed by atoms with Crippen LogP contribution in [0.4, 0.5) is 0 Å². The Hall–Kier alpha value is -0.790. The minimum atomic E-state index is 0.0566. The van der Waals surface area contributed by atoms with Gasteiger partial charge < -0.3 is 4.74 Å². The Kier molecular flexibility index (Phi) is 5.83. The molecule has 0 N–H and O–H groups in total. The van der Waals surface area contributed by atoms with E-state index in [0.29, 0.717) is 0 Å². The first-order chi connectivity index (χ1) is 4.77. The molecule has 2 heteroatoms. The van der Waals surface area contributed by atoms with E-state index in [1.54, 1.807) is 6.26 Å². The summed E-state index contributed by atoms with van der Waals surface area (Å²) >= 11 is 0. The molecule has 0 aromatic carbocycles. The minimum absolute atomic E-state index is 0.0566. The van der Waals surface area contributed by atoms with Crippen LogP contribution in [0.2, 0.25) is 0 Å². The lowest BCUT2D eigenvalue weighted by Gasteiger charge is -1.93. The predicted octanol–water partition coefficient (Wildman–Crippen LogP) is 1.91. The standard InChI is InChI=1S/C8H14O2/c1-3-4-5-6-10-7-8(2)9/h5-6H,3-4,7H2,1-2H3/b6-5+. The molecule has 0 aromatic rings. The number of carbonyl (C=O) groups is 1. The highest BCUT2D eigenvalue weighted by Crippen LogP contribution is 1.88. The molecular formula is C8H14O2. The van der Waals surface area contributed by atoms with Crippen LogP contribution in [0.1, 0.15) is 26.7 Å². The summed E-state index contributed by atoms with van der Waals surface area (Å²) in [5, 5.41) is 0. The first kappa shape index (κ1) is 9.21. The molecule has 0 aliphatic carbocycles. The van der Waals surface area contributed by atoms with Gasteiger partial charge in [-0.3, -0.25) is 4.79 Å². The number of ether oxygens (including phenoxy) is 1. The maximum absolute atomic E-state index is 10.3. The molecule has 0 aromatic heterocycles. The summed E-state index contributed by atoms with van der Waals surface area (Å²) in [5.41, 5.74) is 0. The van der Waals surface area contributed by atoms with Crippen LogP contribution in [0, 0.1) is 0 Å². The van der Waals surface area contributed by atoms with Crippen LogP contribution >= 0.6 is 0 Å². The Morgan fingerprint density at radius 1 is 1.60 bits per heavy atom. The molecule has 0 amide bonds. The Morgan fingerprint density at radius 3 is 2.80 bits per heavy atom. The van der Waals surface area contributed by atoms with Crippen LogP contribution < -0.4 is 0 Å². The van der Waals surface area contributed by atoms with Gasteiger partial charge in [0.05, 0.1) is 6.26 Å². The van der Waals surface area contributed by atoms with Crippen molar-refractivity contribution in [3.05, 3.63) is 12.3 Å². The highest BCUT2D eigenvalue weighted by Gasteiger charge is 1.86. The van der Waals surface area contributed by atoms with Gasteiger partial charge in [-0.05, 0) is 19.4 Å². The predicted molar refractivity (Wildman–Crippen MR) is 40.7 cm³/mol. The monoisotopic (exact) mass is 142 g/mol. The largest absolute Gasteiger partial charge is 0.494 e. The third kappa shape index (κ3) is 7.21. The number of hydrogen-bond donors (Lipinski definition) is 0. The van der Waals surface area contributed by atoms with E-state index < -0.39 is 0 Å². The zero-order valence-corrected chi connectivity index (χ0v) is 6.59. The normalized spacial score (nSPS) is 10.2. The lowest BCUT2D eigenvalue weighted by atomic mass is 10.3. The van der Waals surface area contributed by atoms with E-state index >= 15 is 0 Å². The van der Waals surface area contributed by atoms with Crippen molar-refractivity contribution in [3.63, 3.8) is 0 Å². The second-order valence-electron chi connectivity index (χ2n) is 2.17. The number of Topliss-reactive ketones (excluding diaryl/α,β-unsaturated/α-hetero) is 1. The van der Waals surface area contributed by atoms with E-state index in [1.807, 2.05) is 6.08 Å². The molecule has 0 saturated carbocycles. The molecule has 0 unspecified atom stereocenters. The maximum atomic E-state index is 10.3. The maximum Gasteiger partial charge on any atom is 0.167 e. The van der Waals surface area contributed by atoms with Crippen molar-refractivity contribution in [2.75, 3.05) is 6.61 Å². The Morgan fingerprint density at radius 2 is 2.30 bits per heavy atom. The Balaban J connectivity index is 3.10. The summed E-state index contributed by atoms with van der Waals surface area (Å²) in [6.45, 7) is 3.79. The molecule has 58 valence electrons. The molecule has 0 radical (unpaired) electrons. The molecule has 0 aliphatic rings. The highest BCUT2D eigenvalue weighted by molar-refractivity contribution is 5.76. The van der Waals surface area contributed by atoms with Gasteiger partial charge in [-0.2, -0.15) is 0 Å². The Bertz CT molecular complexity index is 116. The van der Waals surface area contributed by atoms with Crippen molar-refractivity contribution in [3.8, 4) is 0 Å². The van der Waals surface area contributed by atoms with Crippen LogP contribution in [0.5, 0.6) is 0 Å². The van der Waals surface area contributed by atoms with Gasteiger partial charge in [0.2, 0.25) is 0 Å². The molecule has 0 fully saturated rings. The zero-order valence-electron chi connectivity index (χ0n) is 6.59. The number of hydrogen-bond acceptors (Lipinski definition) is 2. The number of rotatable bonds is 5. The summed E-state index contributed by atoms with van der Waals surface area (Å²) in [4.78, 5) is 10.3. The van der Waals surface area contributed by atoms with Crippen molar-refractivity contribution in [1.29, 1.82) is 0 Å². The minimum Gasteiger partial charge on any atom is -0.494 e. The summed E-state index contributed by atoms with van der Waals surface area (Å²) in [5.74, 6) is 0.0566. The van der Waals surface area contributed by atoms with E-state index in [4.69, 9.17) is 4.74 Å². The topological polar surface area (TPSA) is 26.3 Å². The molecule has 0 rings (SSSR count). The zero-order chi connectivity index (χ0) is 7.82. The summed E-state index contributed by atoms with van der Waals surface area (Å²) in [6.07, 6.45) is 5.63. The van der Waals surface area contributed by atoms with Crippen molar-refractivity contribution in [2.24, 2.45) is 0 Å². The van der Waals surface area contributed by atoms with Crippen molar-refractivity contribution >= 4 is 5.78 Å². The van der Waals surface area contributed by atoms with Gasteiger partial charge in [-0.1, -0.05) is 13.3 Å². The van der Waals surface area contributed by atoms with E-state index in [0.717, 1.165) is 12.8 Å². The first-order valence-corrected chi connectivity index (χ1v) is 3.53. The van der Waals surface area contributed by atoms with Crippen LogP contribution in [0.25, 0.3) is 0 Å². The average Bonchev–Trinajstić information content (AvgIpc) is 1.87. The Labute approximate surface area is 61.9 Å². The summed E-state index contributed by atoms with van der Waals surface area (Å²) in [6, 6.07) is 0. The smallest absolute Gasteiger partial charge is 0.167 e. The second-order valence-corrected chi connectivity index (χ2v) is 2.17. The molecular weight excluding hydrogens is 128 g/mol. The van der Waals surface area contributed by atoms with E-state index in [2.05, 4.69) is 6.92 Å². The van der Waals surface area contributed by atoms with Gasteiger partial charge in [0.25, 0.3) is 0 Å². The molecule has 2 nitrogen and oxygen atoms in total. The highest BCUT2D eigenvalue weighted by atomic mass is 16.5. The summed E-state index contributed by atoms with van der Waals surface area (Å²) in [7, 11) is 0. The van der Waals surface area contributed by atoms with E-state index in [9.17, 15) is 4.79 Å². The molecule has 0 heterocycles. The molecule has 0 saturated heterocycles. The van der Waals surface area contributed by atoms with Gasteiger partial charge in [-0.25, -0.2) is 0 Å². The third-order valence-corrected chi connectivity index (χ3v) is 0.934. The number of allylic oxidation sites excluding steroid dienone is 1. The SMILES string of the molecule is CCC/C=C/OCC(C)=O. The fourth-order valence-electron chi connectivity index (χ4n) is 0.468. The van der Waals surface area contributed by atoms with Crippen molar-refractivity contribution < 1.29 is 9.53 Å². The van der Waals surface area contributed by atoms with Crippen LogP contribution in [0.15, 0.2) is 12.3 Å². The van der Waals surface area contributed by atoms with E-state index in [-0.39, 0.29) is 12.4 Å². The molecule has 0 bridgehead atoms. The van der Waals surface area contributed by atoms with Crippen LogP contribution in [0.3, 0.4) is 0 Å². The summed E-state index contributed by atoms with van der Waals surface area (Å²) < 4.78 is 4.87. The lowest BCUT2D eigenvalue weighted by Crippen LogP contribution is -1.98. The average molecular weight is 142 g/mol. The van der Waals surface area contributed by atoms with Gasteiger partial charge >= 0.3 is 0 Å². The van der Waals surface area contributed by atoms with Gasteiger partial charge in [0.15, 0.2) is 5.78 Å². The fraction of sp³-hybridized carbons (Fsp3) is 0.625. The van der Waals surface area contributed by atoms with Crippen molar-refractivity contribution in [1.82, 2.24) is 0 Å². The second kappa shape index (κ2) is 6.33. The molecule has 0 aliphatic heterocycles. The molecule has 0 atom stereocenters. The molecule has 0 spiro atoms. The van der Waals surface area contributed by atoms with E-state index in [1.165, 1.54) is 6.92 Å². The fourth-order valence-corrected chi connectivity index (χ4v) is 0.468. The quantitative estimate of drug-likeness (QED) is 0.548. The first-order valence-electron chi connectivity index (χ1n) is 3.53. The number of carbonyl (C=O) groups excluding carboxylic acids is 1.